The van der Waals surface area contributed by atoms with Crippen molar-refractivity contribution < 1.29 is 0 Å². The van der Waals surface area contributed by atoms with Crippen molar-refractivity contribution in [3.8, 4) is 0 Å². The standard InChI is InChI=1S/C9H16N2S.C2H6/c1-7(9(2,3)4)11-8-5-10-6-12-8;1-2/h5-7,11H,1-4H3;1-2H3. The van der Waals surface area contributed by atoms with Gasteiger partial charge in [0.2, 0.25) is 0 Å². The molecule has 0 saturated carbocycles. The van der Waals surface area contributed by atoms with Crippen LogP contribution < -0.4 is 5.32 Å². The minimum atomic E-state index is 0.296. The summed E-state index contributed by atoms with van der Waals surface area (Å²) in [6, 6.07) is 0.470. The number of rotatable bonds is 2. The van der Waals surface area contributed by atoms with E-state index in [4.69, 9.17) is 0 Å². The minimum Gasteiger partial charge on any atom is -0.373 e. The number of nitrogens with one attached hydrogen (secondary N) is 1. The normalized spacial score (nSPS) is 12.7. The molecule has 0 bridgehead atoms. The van der Waals surface area contributed by atoms with E-state index in [1.165, 1.54) is 0 Å². The number of anilines is 1. The van der Waals surface area contributed by atoms with Gasteiger partial charge in [0.05, 0.1) is 11.7 Å². The molecule has 0 radical (unpaired) electrons. The Morgan fingerprint density at radius 2 is 1.93 bits per heavy atom. The highest BCUT2D eigenvalue weighted by Gasteiger charge is 2.19. The quantitative estimate of drug-likeness (QED) is 0.804. The second kappa shape index (κ2) is 6.02. The number of aromatic nitrogens is 1. The van der Waals surface area contributed by atoms with Crippen LogP contribution in [0.1, 0.15) is 41.5 Å². The van der Waals surface area contributed by atoms with Crippen LogP contribution in [-0.2, 0) is 0 Å². The third-order valence-corrected chi connectivity index (χ3v) is 2.79. The lowest BCUT2D eigenvalue weighted by molar-refractivity contribution is 0.360. The first-order valence-electron chi connectivity index (χ1n) is 5.15. The zero-order valence-corrected chi connectivity index (χ0v) is 10.9. The Labute approximate surface area is 91.8 Å². The van der Waals surface area contributed by atoms with Gasteiger partial charge in [-0.15, -0.1) is 11.3 Å². The van der Waals surface area contributed by atoms with Crippen LogP contribution in [0.25, 0.3) is 0 Å². The smallest absolute Gasteiger partial charge is 0.109 e. The number of hydrogen-bond acceptors (Lipinski definition) is 3. The minimum absolute atomic E-state index is 0.296. The summed E-state index contributed by atoms with van der Waals surface area (Å²) >= 11 is 1.65. The maximum atomic E-state index is 4.01. The molecule has 82 valence electrons. The molecule has 0 aliphatic carbocycles. The summed E-state index contributed by atoms with van der Waals surface area (Å²) in [7, 11) is 0. The molecule has 1 aromatic rings. The van der Waals surface area contributed by atoms with Gasteiger partial charge in [0.1, 0.15) is 5.00 Å². The van der Waals surface area contributed by atoms with Crippen LogP contribution in [0.3, 0.4) is 0 Å². The van der Waals surface area contributed by atoms with Gasteiger partial charge in [0, 0.05) is 6.04 Å². The number of hydrogen-bond donors (Lipinski definition) is 1. The molecule has 2 nitrogen and oxygen atoms in total. The summed E-state index contributed by atoms with van der Waals surface area (Å²) < 4.78 is 0. The Morgan fingerprint density at radius 1 is 1.36 bits per heavy atom. The molecule has 0 aromatic carbocycles. The van der Waals surface area contributed by atoms with Crippen LogP contribution in [-0.4, -0.2) is 11.0 Å². The fraction of sp³-hybridized carbons (Fsp3) is 0.727. The van der Waals surface area contributed by atoms with E-state index in [0.29, 0.717) is 11.5 Å². The molecule has 0 aliphatic heterocycles. The SMILES string of the molecule is CC.CC(Nc1cncs1)C(C)(C)C. The molecule has 1 aromatic heterocycles. The molecule has 0 amide bonds. The second-order valence-corrected chi connectivity index (χ2v) is 4.98. The predicted molar refractivity (Wildman–Crippen MR) is 66.0 cm³/mol. The summed E-state index contributed by atoms with van der Waals surface area (Å²) in [5.74, 6) is 0. The van der Waals surface area contributed by atoms with E-state index < -0.39 is 0 Å². The highest BCUT2D eigenvalue weighted by atomic mass is 32.1. The van der Waals surface area contributed by atoms with E-state index in [0.717, 1.165) is 5.00 Å². The Kier molecular flexibility index (Phi) is 5.77. The van der Waals surface area contributed by atoms with Crippen molar-refractivity contribution in [2.75, 3.05) is 5.32 Å². The second-order valence-electron chi connectivity index (χ2n) is 4.10. The monoisotopic (exact) mass is 214 g/mol. The van der Waals surface area contributed by atoms with E-state index in [-0.39, 0.29) is 0 Å². The van der Waals surface area contributed by atoms with Gasteiger partial charge in [-0.3, -0.25) is 4.98 Å². The zero-order valence-electron chi connectivity index (χ0n) is 10.1. The van der Waals surface area contributed by atoms with Crippen LogP contribution in [0.4, 0.5) is 5.00 Å². The Balaban J connectivity index is 0.000000791. The van der Waals surface area contributed by atoms with E-state index in [1.54, 1.807) is 11.3 Å². The third kappa shape index (κ3) is 4.61. The molecule has 1 N–H and O–H groups in total. The van der Waals surface area contributed by atoms with Crippen molar-refractivity contribution in [2.45, 2.75) is 47.6 Å². The van der Waals surface area contributed by atoms with Crippen LogP contribution in [0.2, 0.25) is 0 Å². The molecule has 0 fully saturated rings. The first-order chi connectivity index (χ1) is 6.50. The highest BCUT2D eigenvalue weighted by molar-refractivity contribution is 7.13. The van der Waals surface area contributed by atoms with Gasteiger partial charge < -0.3 is 5.32 Å². The van der Waals surface area contributed by atoms with Crippen molar-refractivity contribution in [2.24, 2.45) is 5.41 Å². The average Bonchev–Trinajstić information content (AvgIpc) is 2.59. The van der Waals surface area contributed by atoms with Crippen molar-refractivity contribution in [3.63, 3.8) is 0 Å². The third-order valence-electron chi connectivity index (χ3n) is 2.09. The highest BCUT2D eigenvalue weighted by Crippen LogP contribution is 2.24. The molecule has 3 heteroatoms. The Hall–Kier alpha value is -0.570. The van der Waals surface area contributed by atoms with E-state index in [9.17, 15) is 0 Å². The van der Waals surface area contributed by atoms with Crippen molar-refractivity contribution in [1.82, 2.24) is 4.98 Å². The van der Waals surface area contributed by atoms with E-state index in [2.05, 4.69) is 38.0 Å². The summed E-state index contributed by atoms with van der Waals surface area (Å²) in [6.45, 7) is 12.9. The molecule has 1 rings (SSSR count). The lowest BCUT2D eigenvalue weighted by Crippen LogP contribution is -2.30. The zero-order chi connectivity index (χ0) is 11.2. The summed E-state index contributed by atoms with van der Waals surface area (Å²) in [5, 5.41) is 4.57. The molecule has 0 spiro atoms. The van der Waals surface area contributed by atoms with Gasteiger partial charge in [-0.2, -0.15) is 0 Å². The van der Waals surface area contributed by atoms with E-state index >= 15 is 0 Å². The first-order valence-corrected chi connectivity index (χ1v) is 6.03. The van der Waals surface area contributed by atoms with Crippen LogP contribution >= 0.6 is 11.3 Å². The fourth-order valence-corrected chi connectivity index (χ4v) is 1.32. The molecular weight excluding hydrogens is 192 g/mol. The lowest BCUT2D eigenvalue weighted by Gasteiger charge is -2.28. The van der Waals surface area contributed by atoms with Gasteiger partial charge in [-0.05, 0) is 12.3 Å². The molecular formula is C11H22N2S. The van der Waals surface area contributed by atoms with Crippen LogP contribution in [0.5, 0.6) is 0 Å². The van der Waals surface area contributed by atoms with Crippen LogP contribution in [0, 0.1) is 5.41 Å². The van der Waals surface area contributed by atoms with Gasteiger partial charge in [0.25, 0.3) is 0 Å². The fourth-order valence-electron chi connectivity index (χ4n) is 0.717. The molecule has 1 heterocycles. The summed E-state index contributed by atoms with van der Waals surface area (Å²) in [6.07, 6.45) is 1.87. The average molecular weight is 214 g/mol. The molecule has 0 saturated heterocycles. The van der Waals surface area contributed by atoms with Crippen molar-refractivity contribution in [1.29, 1.82) is 0 Å². The van der Waals surface area contributed by atoms with Gasteiger partial charge >= 0.3 is 0 Å². The van der Waals surface area contributed by atoms with Crippen molar-refractivity contribution in [3.05, 3.63) is 11.7 Å². The Morgan fingerprint density at radius 3 is 2.29 bits per heavy atom. The van der Waals surface area contributed by atoms with E-state index in [1.807, 2.05) is 25.6 Å². The van der Waals surface area contributed by atoms with Crippen LogP contribution in [0.15, 0.2) is 11.7 Å². The van der Waals surface area contributed by atoms with Gasteiger partial charge in [-0.25, -0.2) is 0 Å². The topological polar surface area (TPSA) is 24.9 Å². The molecule has 1 unspecified atom stereocenters. The first kappa shape index (κ1) is 13.4. The lowest BCUT2D eigenvalue weighted by atomic mass is 9.88. The molecule has 0 aliphatic rings. The predicted octanol–water partition coefficient (Wildman–Crippen LogP) is 4.02. The Bertz CT molecular complexity index is 224. The number of thiazole rings is 1. The maximum absolute atomic E-state index is 4.01. The van der Waals surface area contributed by atoms with Gasteiger partial charge in [0.15, 0.2) is 0 Å². The maximum Gasteiger partial charge on any atom is 0.109 e. The summed E-state index contributed by atoms with van der Waals surface area (Å²) in [5.41, 5.74) is 2.14. The summed E-state index contributed by atoms with van der Waals surface area (Å²) in [4.78, 5) is 4.01. The number of nitrogens with zero attached hydrogens (tertiary/aromatic N) is 1. The molecule has 14 heavy (non-hydrogen) atoms. The molecule has 1 atom stereocenters. The van der Waals surface area contributed by atoms with Gasteiger partial charge in [-0.1, -0.05) is 34.6 Å². The van der Waals surface area contributed by atoms with Crippen molar-refractivity contribution >= 4 is 16.3 Å². The largest absolute Gasteiger partial charge is 0.373 e.